The molecule has 0 spiro atoms. The molecule has 1 aliphatic rings. The summed E-state index contributed by atoms with van der Waals surface area (Å²) < 4.78 is 18.3. The predicted octanol–water partition coefficient (Wildman–Crippen LogP) is 2.59. The van der Waals surface area contributed by atoms with E-state index >= 15 is 0 Å². The first kappa shape index (κ1) is 14.3. The summed E-state index contributed by atoms with van der Waals surface area (Å²) in [6.45, 7) is -0.338. The number of benzene rings is 2. The molecule has 1 saturated heterocycles. The Morgan fingerprint density at radius 3 is 2.32 bits per heavy atom. The Hall–Kier alpha value is -2.60. The fourth-order valence-electron chi connectivity index (χ4n) is 2.57. The zero-order valence-corrected chi connectivity index (χ0v) is 11.5. The molecule has 2 aromatic rings. The Balaban J connectivity index is 2.03. The van der Waals surface area contributed by atoms with Crippen LogP contribution >= 0.6 is 0 Å². The summed E-state index contributed by atoms with van der Waals surface area (Å²) in [6.07, 6.45) is -1.34. The van der Waals surface area contributed by atoms with Crippen LogP contribution in [-0.2, 0) is 4.74 Å². The maximum atomic E-state index is 13.1. The lowest BCUT2D eigenvalue weighted by Gasteiger charge is -2.24. The van der Waals surface area contributed by atoms with E-state index in [1.807, 2.05) is 0 Å². The van der Waals surface area contributed by atoms with Gasteiger partial charge in [-0.1, -0.05) is 12.1 Å². The van der Waals surface area contributed by atoms with E-state index in [1.54, 1.807) is 12.1 Å². The second-order valence-corrected chi connectivity index (χ2v) is 4.99. The first-order valence-corrected chi connectivity index (χ1v) is 6.75. The smallest absolute Gasteiger partial charge is 0.415 e. The summed E-state index contributed by atoms with van der Waals surface area (Å²) in [4.78, 5) is 13.5. The van der Waals surface area contributed by atoms with Crippen LogP contribution in [0.25, 0.3) is 0 Å². The largest absolute Gasteiger partial charge is 0.508 e. The third kappa shape index (κ3) is 2.48. The van der Waals surface area contributed by atoms with Crippen LogP contribution in [-0.4, -0.2) is 29.0 Å². The van der Waals surface area contributed by atoms with Crippen molar-refractivity contribution in [2.75, 3.05) is 11.5 Å². The highest BCUT2D eigenvalue weighted by molar-refractivity contribution is 5.91. The van der Waals surface area contributed by atoms with Crippen LogP contribution in [0.15, 0.2) is 48.5 Å². The van der Waals surface area contributed by atoms with Gasteiger partial charge >= 0.3 is 6.09 Å². The Labute approximate surface area is 126 Å². The molecule has 2 aromatic carbocycles. The van der Waals surface area contributed by atoms with E-state index in [1.165, 1.54) is 41.3 Å². The molecule has 1 fully saturated rings. The number of hydrogen-bond donors (Lipinski definition) is 2. The molecule has 5 nitrogen and oxygen atoms in total. The highest BCUT2D eigenvalue weighted by atomic mass is 19.1. The average Bonchev–Trinajstić information content (AvgIpc) is 2.85. The van der Waals surface area contributed by atoms with Crippen molar-refractivity contribution < 1.29 is 24.1 Å². The summed E-state index contributed by atoms with van der Waals surface area (Å²) in [5.41, 5.74) is 1.17. The number of aromatic hydroxyl groups is 1. The van der Waals surface area contributed by atoms with Gasteiger partial charge in [0.1, 0.15) is 17.6 Å². The van der Waals surface area contributed by atoms with Crippen LogP contribution in [0.5, 0.6) is 5.75 Å². The number of amides is 1. The van der Waals surface area contributed by atoms with Crippen molar-refractivity contribution in [1.29, 1.82) is 0 Å². The van der Waals surface area contributed by atoms with Gasteiger partial charge in [0.2, 0.25) is 0 Å². The van der Waals surface area contributed by atoms with Crippen molar-refractivity contribution in [1.82, 2.24) is 0 Å². The van der Waals surface area contributed by atoms with E-state index in [9.17, 15) is 19.4 Å². The summed E-state index contributed by atoms with van der Waals surface area (Å²) in [5.74, 6) is -0.306. The van der Waals surface area contributed by atoms with E-state index in [-0.39, 0.29) is 12.4 Å². The van der Waals surface area contributed by atoms with Gasteiger partial charge in [-0.05, 0) is 42.0 Å². The molecule has 1 heterocycles. The number of carbonyl (C=O) groups is 1. The number of carbonyl (C=O) groups excluding carboxylic acids is 1. The number of hydrogen-bond acceptors (Lipinski definition) is 4. The van der Waals surface area contributed by atoms with Gasteiger partial charge in [-0.15, -0.1) is 0 Å². The van der Waals surface area contributed by atoms with Crippen molar-refractivity contribution in [3.8, 4) is 5.75 Å². The molecule has 22 heavy (non-hydrogen) atoms. The summed E-state index contributed by atoms with van der Waals surface area (Å²) in [7, 11) is 0. The van der Waals surface area contributed by atoms with Crippen LogP contribution < -0.4 is 4.90 Å². The Bertz CT molecular complexity index is 672. The van der Waals surface area contributed by atoms with Crippen LogP contribution in [0, 0.1) is 5.82 Å². The van der Waals surface area contributed by atoms with Gasteiger partial charge in [0.25, 0.3) is 0 Å². The second-order valence-electron chi connectivity index (χ2n) is 4.99. The molecular formula is C16H14FNO4. The fraction of sp³-hybridized carbons (Fsp3) is 0.188. The lowest BCUT2D eigenvalue weighted by Crippen LogP contribution is -2.30. The summed E-state index contributed by atoms with van der Waals surface area (Å²) in [6, 6.07) is 11.2. The van der Waals surface area contributed by atoms with Gasteiger partial charge < -0.3 is 14.9 Å². The number of aliphatic hydroxyl groups excluding tert-OH is 1. The highest BCUT2D eigenvalue weighted by Gasteiger charge is 2.43. The maximum absolute atomic E-state index is 13.1. The molecule has 0 radical (unpaired) electrons. The average molecular weight is 303 g/mol. The molecule has 1 amide bonds. The number of rotatable bonds is 3. The highest BCUT2D eigenvalue weighted by Crippen LogP contribution is 2.37. The number of phenolic OH excluding ortho intramolecular Hbond substituents is 1. The van der Waals surface area contributed by atoms with Crippen molar-refractivity contribution >= 4 is 11.8 Å². The second kappa shape index (κ2) is 5.65. The van der Waals surface area contributed by atoms with Gasteiger partial charge in [0, 0.05) is 5.69 Å². The van der Waals surface area contributed by atoms with Crippen molar-refractivity contribution in [2.45, 2.75) is 12.1 Å². The quantitative estimate of drug-likeness (QED) is 0.914. The van der Waals surface area contributed by atoms with Gasteiger partial charge in [-0.25, -0.2) is 9.18 Å². The molecule has 0 saturated carbocycles. The van der Waals surface area contributed by atoms with Crippen molar-refractivity contribution in [3.05, 3.63) is 59.9 Å². The molecule has 2 atom stereocenters. The molecule has 114 valence electrons. The monoisotopic (exact) mass is 303 g/mol. The van der Waals surface area contributed by atoms with Crippen molar-refractivity contribution in [2.24, 2.45) is 0 Å². The van der Waals surface area contributed by atoms with E-state index in [4.69, 9.17) is 4.74 Å². The standard InChI is InChI=1S/C16H14FNO4/c17-11-3-5-12(6-4-11)18-15(14(9-19)22-16(18)21)10-1-7-13(20)8-2-10/h1-8,14-15,19-20H,9H2/t14-,15-/m1/s1. The van der Waals surface area contributed by atoms with Gasteiger partial charge in [-0.2, -0.15) is 0 Å². The number of cyclic esters (lactones) is 1. The zero-order valence-electron chi connectivity index (χ0n) is 11.5. The molecular weight excluding hydrogens is 289 g/mol. The first-order valence-electron chi connectivity index (χ1n) is 6.75. The van der Waals surface area contributed by atoms with Gasteiger partial charge in [0.05, 0.1) is 6.61 Å². The number of anilines is 1. The normalized spacial score (nSPS) is 21.0. The Kier molecular flexibility index (Phi) is 3.68. The fourth-order valence-corrected chi connectivity index (χ4v) is 2.57. The molecule has 0 aromatic heterocycles. The van der Waals surface area contributed by atoms with Crippen LogP contribution in [0.2, 0.25) is 0 Å². The molecule has 3 rings (SSSR count). The van der Waals surface area contributed by atoms with Crippen LogP contribution in [0.3, 0.4) is 0 Å². The lowest BCUT2D eigenvalue weighted by atomic mass is 10.0. The number of halogens is 1. The number of ether oxygens (including phenoxy) is 1. The zero-order chi connectivity index (χ0) is 15.7. The first-order chi connectivity index (χ1) is 10.6. The predicted molar refractivity (Wildman–Crippen MR) is 77.1 cm³/mol. The molecule has 0 aliphatic carbocycles. The topological polar surface area (TPSA) is 70.0 Å². The van der Waals surface area contributed by atoms with E-state index in [2.05, 4.69) is 0 Å². The van der Waals surface area contributed by atoms with E-state index < -0.39 is 24.1 Å². The molecule has 1 aliphatic heterocycles. The third-order valence-corrected chi connectivity index (χ3v) is 3.60. The Morgan fingerprint density at radius 1 is 1.09 bits per heavy atom. The molecule has 2 N–H and O–H groups in total. The number of phenols is 1. The van der Waals surface area contributed by atoms with E-state index in [0.29, 0.717) is 11.3 Å². The molecule has 0 bridgehead atoms. The van der Waals surface area contributed by atoms with Crippen LogP contribution in [0.4, 0.5) is 14.9 Å². The van der Waals surface area contributed by atoms with Gasteiger partial charge in [-0.3, -0.25) is 4.90 Å². The number of nitrogens with zero attached hydrogens (tertiary/aromatic N) is 1. The van der Waals surface area contributed by atoms with E-state index in [0.717, 1.165) is 0 Å². The lowest BCUT2D eigenvalue weighted by molar-refractivity contribution is 0.0829. The minimum Gasteiger partial charge on any atom is -0.508 e. The van der Waals surface area contributed by atoms with Crippen molar-refractivity contribution in [3.63, 3.8) is 0 Å². The SMILES string of the molecule is O=C1O[C@H](CO)[C@@H](c2ccc(O)cc2)N1c1ccc(F)cc1. The maximum Gasteiger partial charge on any atom is 0.415 e. The van der Waals surface area contributed by atoms with Gasteiger partial charge in [0.15, 0.2) is 6.10 Å². The minimum atomic E-state index is -0.734. The molecule has 0 unspecified atom stereocenters. The number of aliphatic hydroxyl groups is 1. The van der Waals surface area contributed by atoms with Crippen LogP contribution in [0.1, 0.15) is 11.6 Å². The molecule has 6 heteroatoms. The third-order valence-electron chi connectivity index (χ3n) is 3.60. The Morgan fingerprint density at radius 2 is 1.73 bits per heavy atom. The minimum absolute atomic E-state index is 0.0999. The summed E-state index contributed by atoms with van der Waals surface area (Å²) in [5, 5.41) is 18.9. The summed E-state index contributed by atoms with van der Waals surface area (Å²) >= 11 is 0.